The maximum atomic E-state index is 12.7. The molecule has 1 N–H and O–H groups in total. The Balaban J connectivity index is 1.37. The SMILES string of the molecule is C[C@@H](OC(=O)c1cccc(Oc2ccccc2)c1)C(=O)N[C@@H]1CCCc2ccccc21. The quantitative estimate of drug-likeness (QED) is 0.561. The number of fused-ring (bicyclic) bond motifs is 1. The van der Waals surface area contributed by atoms with Crippen molar-refractivity contribution in [2.75, 3.05) is 0 Å². The first-order valence-corrected chi connectivity index (χ1v) is 10.5. The van der Waals surface area contributed by atoms with Gasteiger partial charge >= 0.3 is 5.97 Å². The molecule has 0 fully saturated rings. The molecule has 0 spiro atoms. The summed E-state index contributed by atoms with van der Waals surface area (Å²) in [6.45, 7) is 1.59. The summed E-state index contributed by atoms with van der Waals surface area (Å²) in [7, 11) is 0. The molecule has 0 aliphatic heterocycles. The molecule has 3 aromatic rings. The van der Waals surface area contributed by atoms with Gasteiger partial charge in [-0.05, 0) is 67.6 Å². The van der Waals surface area contributed by atoms with Crippen molar-refractivity contribution < 1.29 is 19.1 Å². The molecule has 158 valence electrons. The highest BCUT2D eigenvalue weighted by atomic mass is 16.5. The number of aryl methyl sites for hydroxylation is 1. The number of nitrogens with one attached hydrogen (secondary N) is 1. The molecule has 0 unspecified atom stereocenters. The highest BCUT2D eigenvalue weighted by Gasteiger charge is 2.25. The minimum atomic E-state index is -0.903. The van der Waals surface area contributed by atoms with Gasteiger partial charge in [-0.3, -0.25) is 4.79 Å². The van der Waals surface area contributed by atoms with Gasteiger partial charge in [-0.2, -0.15) is 0 Å². The summed E-state index contributed by atoms with van der Waals surface area (Å²) >= 11 is 0. The maximum absolute atomic E-state index is 12.7. The smallest absolute Gasteiger partial charge is 0.339 e. The normalized spacial score (nSPS) is 16.0. The van der Waals surface area contributed by atoms with Crippen LogP contribution in [0.4, 0.5) is 0 Å². The first kappa shape index (κ1) is 20.7. The van der Waals surface area contributed by atoms with Crippen LogP contribution in [0, 0.1) is 0 Å². The molecule has 0 heterocycles. The van der Waals surface area contributed by atoms with Gasteiger partial charge in [0.05, 0.1) is 11.6 Å². The van der Waals surface area contributed by atoms with Gasteiger partial charge in [0.1, 0.15) is 11.5 Å². The molecule has 1 aliphatic rings. The molecule has 4 rings (SSSR count). The van der Waals surface area contributed by atoms with Gasteiger partial charge in [-0.1, -0.05) is 48.5 Å². The van der Waals surface area contributed by atoms with Crippen molar-refractivity contribution in [2.45, 2.75) is 38.3 Å². The summed E-state index contributed by atoms with van der Waals surface area (Å²) in [4.78, 5) is 25.3. The Morgan fingerprint density at radius 3 is 2.52 bits per heavy atom. The lowest BCUT2D eigenvalue weighted by Gasteiger charge is -2.27. The Bertz CT molecular complexity index is 1060. The third kappa shape index (κ3) is 5.12. The first-order valence-electron chi connectivity index (χ1n) is 10.5. The van der Waals surface area contributed by atoms with E-state index in [1.165, 1.54) is 5.56 Å². The molecular weight excluding hydrogens is 390 g/mol. The lowest BCUT2D eigenvalue weighted by atomic mass is 9.87. The van der Waals surface area contributed by atoms with Gasteiger partial charge in [0.25, 0.3) is 5.91 Å². The summed E-state index contributed by atoms with van der Waals surface area (Å²) < 4.78 is 11.2. The number of carbonyl (C=O) groups excluding carboxylic acids is 2. The molecule has 1 aliphatic carbocycles. The third-order valence-corrected chi connectivity index (χ3v) is 5.39. The number of ether oxygens (including phenoxy) is 2. The summed E-state index contributed by atoms with van der Waals surface area (Å²) in [5.41, 5.74) is 2.74. The molecule has 1 amide bonds. The van der Waals surface area contributed by atoms with Crippen molar-refractivity contribution in [3.05, 3.63) is 95.6 Å². The van der Waals surface area contributed by atoms with Crippen LogP contribution in [0.15, 0.2) is 78.9 Å². The lowest BCUT2D eigenvalue weighted by Crippen LogP contribution is -2.39. The number of esters is 1. The summed E-state index contributed by atoms with van der Waals surface area (Å²) in [6, 6.07) is 24.1. The summed E-state index contributed by atoms with van der Waals surface area (Å²) in [5, 5.41) is 3.03. The predicted molar refractivity (Wildman–Crippen MR) is 118 cm³/mol. The fourth-order valence-corrected chi connectivity index (χ4v) is 3.79. The van der Waals surface area contributed by atoms with Crippen molar-refractivity contribution in [3.8, 4) is 11.5 Å². The Hall–Kier alpha value is -3.60. The fourth-order valence-electron chi connectivity index (χ4n) is 3.79. The third-order valence-electron chi connectivity index (χ3n) is 5.39. The van der Waals surface area contributed by atoms with Crippen LogP contribution in [-0.4, -0.2) is 18.0 Å². The first-order chi connectivity index (χ1) is 15.1. The monoisotopic (exact) mass is 415 g/mol. The second-order valence-corrected chi connectivity index (χ2v) is 7.64. The van der Waals surface area contributed by atoms with Crippen molar-refractivity contribution in [1.82, 2.24) is 5.32 Å². The maximum Gasteiger partial charge on any atom is 0.339 e. The number of amides is 1. The lowest BCUT2D eigenvalue weighted by molar-refractivity contribution is -0.130. The van der Waals surface area contributed by atoms with Crippen molar-refractivity contribution in [3.63, 3.8) is 0 Å². The van der Waals surface area contributed by atoms with Gasteiger partial charge in [-0.15, -0.1) is 0 Å². The zero-order chi connectivity index (χ0) is 21.6. The number of benzene rings is 3. The number of carbonyl (C=O) groups is 2. The van der Waals surface area contributed by atoms with E-state index in [1.54, 1.807) is 31.2 Å². The highest BCUT2D eigenvalue weighted by molar-refractivity contribution is 5.92. The molecule has 0 saturated heterocycles. The van der Waals surface area contributed by atoms with Gasteiger partial charge in [-0.25, -0.2) is 4.79 Å². The van der Waals surface area contributed by atoms with Gasteiger partial charge < -0.3 is 14.8 Å². The van der Waals surface area contributed by atoms with E-state index in [4.69, 9.17) is 9.47 Å². The van der Waals surface area contributed by atoms with Crippen LogP contribution < -0.4 is 10.1 Å². The van der Waals surface area contributed by atoms with Crippen LogP contribution in [0.5, 0.6) is 11.5 Å². The predicted octanol–water partition coefficient (Wildman–Crippen LogP) is 5.22. The molecule has 0 aromatic heterocycles. The fraction of sp³-hybridized carbons (Fsp3) is 0.231. The Morgan fingerprint density at radius 1 is 0.935 bits per heavy atom. The Kier molecular flexibility index (Phi) is 6.32. The number of hydrogen-bond donors (Lipinski definition) is 1. The second kappa shape index (κ2) is 9.47. The number of para-hydroxylation sites is 1. The average molecular weight is 415 g/mol. The van der Waals surface area contributed by atoms with E-state index >= 15 is 0 Å². The standard InChI is InChI=1S/C26H25NO4/c1-18(25(28)27-24-16-8-10-19-9-5-6-15-23(19)24)30-26(29)20-11-7-14-22(17-20)31-21-12-3-2-4-13-21/h2-7,9,11-15,17-18,24H,8,10,16H2,1H3,(H,27,28)/t18-,24-/m1/s1. The van der Waals surface area contributed by atoms with Crippen molar-refractivity contribution in [2.24, 2.45) is 0 Å². The van der Waals surface area contributed by atoms with Crippen LogP contribution in [-0.2, 0) is 16.0 Å². The van der Waals surface area contributed by atoms with E-state index in [9.17, 15) is 9.59 Å². The van der Waals surface area contributed by atoms with Crippen molar-refractivity contribution >= 4 is 11.9 Å². The van der Waals surface area contributed by atoms with Gasteiger partial charge in [0.2, 0.25) is 0 Å². The van der Waals surface area contributed by atoms with E-state index < -0.39 is 12.1 Å². The molecule has 3 aromatic carbocycles. The largest absolute Gasteiger partial charge is 0.457 e. The van der Waals surface area contributed by atoms with Gasteiger partial charge in [0.15, 0.2) is 6.10 Å². The van der Waals surface area contributed by atoms with Gasteiger partial charge in [0, 0.05) is 0 Å². The molecular formula is C26H25NO4. The minimum absolute atomic E-state index is 0.0544. The molecule has 0 saturated carbocycles. The zero-order valence-corrected chi connectivity index (χ0v) is 17.4. The molecule has 0 radical (unpaired) electrons. The number of hydrogen-bond acceptors (Lipinski definition) is 4. The molecule has 31 heavy (non-hydrogen) atoms. The van der Waals surface area contributed by atoms with Crippen LogP contribution in [0.1, 0.15) is 47.3 Å². The van der Waals surface area contributed by atoms with Crippen molar-refractivity contribution in [1.29, 1.82) is 0 Å². The average Bonchev–Trinajstić information content (AvgIpc) is 2.80. The Morgan fingerprint density at radius 2 is 1.68 bits per heavy atom. The highest BCUT2D eigenvalue weighted by Crippen LogP contribution is 2.29. The number of rotatable bonds is 6. The molecule has 0 bridgehead atoms. The Labute approximate surface area is 182 Å². The van der Waals surface area contributed by atoms with E-state index in [1.807, 2.05) is 48.5 Å². The molecule has 5 nitrogen and oxygen atoms in total. The van der Waals surface area contributed by atoms with Crippen LogP contribution in [0.25, 0.3) is 0 Å². The minimum Gasteiger partial charge on any atom is -0.457 e. The summed E-state index contributed by atoms with van der Waals surface area (Å²) in [6.07, 6.45) is 2.02. The topological polar surface area (TPSA) is 64.6 Å². The zero-order valence-electron chi connectivity index (χ0n) is 17.4. The van der Waals surface area contributed by atoms with E-state index in [0.29, 0.717) is 17.1 Å². The van der Waals surface area contributed by atoms with E-state index in [0.717, 1.165) is 24.8 Å². The van der Waals surface area contributed by atoms with Crippen LogP contribution in [0.2, 0.25) is 0 Å². The van der Waals surface area contributed by atoms with E-state index in [2.05, 4.69) is 11.4 Å². The molecule has 5 heteroatoms. The molecule has 2 atom stereocenters. The second-order valence-electron chi connectivity index (χ2n) is 7.64. The van der Waals surface area contributed by atoms with Crippen LogP contribution in [0.3, 0.4) is 0 Å². The van der Waals surface area contributed by atoms with E-state index in [-0.39, 0.29) is 11.9 Å². The summed E-state index contributed by atoms with van der Waals surface area (Å²) in [5.74, 6) is 0.335. The van der Waals surface area contributed by atoms with Crippen LogP contribution >= 0.6 is 0 Å².